The summed E-state index contributed by atoms with van der Waals surface area (Å²) in [5.74, 6) is -1.47. The van der Waals surface area contributed by atoms with Gasteiger partial charge in [-0.25, -0.2) is 4.39 Å². The molecule has 4 N–H and O–H groups in total. The van der Waals surface area contributed by atoms with Crippen LogP contribution in [0, 0.1) is 5.82 Å². The molecule has 0 unspecified atom stereocenters. The maximum atomic E-state index is 13.6. The highest BCUT2D eigenvalue weighted by Crippen LogP contribution is 2.34. The lowest BCUT2D eigenvalue weighted by molar-refractivity contribution is -0.121. The van der Waals surface area contributed by atoms with Crippen LogP contribution in [-0.2, 0) is 21.5 Å². The van der Waals surface area contributed by atoms with Crippen molar-refractivity contribution in [1.82, 2.24) is 15.5 Å². The van der Waals surface area contributed by atoms with Crippen molar-refractivity contribution in [3.05, 3.63) is 41.3 Å². The van der Waals surface area contributed by atoms with Crippen LogP contribution in [0.15, 0.2) is 22.7 Å². The minimum atomic E-state index is -0.918. The van der Waals surface area contributed by atoms with Gasteiger partial charge in [0.25, 0.3) is 5.91 Å². The first kappa shape index (κ1) is 22.4. The molecule has 1 aromatic heterocycles. The summed E-state index contributed by atoms with van der Waals surface area (Å²) in [4.78, 5) is 39.7. The van der Waals surface area contributed by atoms with E-state index in [0.717, 1.165) is 44.6 Å². The molecule has 1 aromatic carbocycles. The van der Waals surface area contributed by atoms with Gasteiger partial charge in [0.2, 0.25) is 17.7 Å². The van der Waals surface area contributed by atoms with Gasteiger partial charge in [-0.1, -0.05) is 30.8 Å². The van der Waals surface area contributed by atoms with Crippen LogP contribution in [0.5, 0.6) is 0 Å². The zero-order valence-electron chi connectivity index (χ0n) is 17.4. The number of halogens is 1. The summed E-state index contributed by atoms with van der Waals surface area (Å²) in [7, 11) is 0. The van der Waals surface area contributed by atoms with Crippen LogP contribution < -0.4 is 16.4 Å². The Morgan fingerprint density at radius 1 is 1.19 bits per heavy atom. The van der Waals surface area contributed by atoms with Gasteiger partial charge in [0.05, 0.1) is 5.56 Å². The van der Waals surface area contributed by atoms with Crippen LogP contribution in [0.3, 0.4) is 0 Å². The molecule has 0 atom stereocenters. The molecule has 0 aliphatic heterocycles. The van der Waals surface area contributed by atoms with Crippen LogP contribution in [0.1, 0.15) is 73.9 Å². The number of hydrogen-bond acceptors (Lipinski definition) is 6. The Morgan fingerprint density at radius 3 is 2.55 bits per heavy atom. The molecule has 0 spiro atoms. The molecule has 31 heavy (non-hydrogen) atoms. The number of aryl methyl sites for hydroxylation is 1. The topological polar surface area (TPSA) is 140 Å². The van der Waals surface area contributed by atoms with Gasteiger partial charge in [0.15, 0.2) is 5.82 Å². The van der Waals surface area contributed by atoms with Gasteiger partial charge in [-0.05, 0) is 31.0 Å². The average Bonchev–Trinajstić information content (AvgIpc) is 3.07. The van der Waals surface area contributed by atoms with Crippen molar-refractivity contribution in [3.8, 4) is 0 Å². The van der Waals surface area contributed by atoms with Gasteiger partial charge in [-0.2, -0.15) is 4.98 Å². The van der Waals surface area contributed by atoms with Crippen LogP contribution in [-0.4, -0.2) is 27.9 Å². The number of primary amides is 1. The number of carbonyl (C=O) groups excluding carboxylic acids is 3. The number of benzene rings is 1. The van der Waals surface area contributed by atoms with Crippen molar-refractivity contribution in [2.24, 2.45) is 5.73 Å². The number of amides is 3. The third-order valence-electron chi connectivity index (χ3n) is 5.35. The minimum Gasteiger partial charge on any atom is -0.366 e. The van der Waals surface area contributed by atoms with E-state index < -0.39 is 17.3 Å². The van der Waals surface area contributed by atoms with Crippen LogP contribution in [0.4, 0.5) is 10.1 Å². The third-order valence-corrected chi connectivity index (χ3v) is 5.35. The first-order chi connectivity index (χ1) is 14.8. The van der Waals surface area contributed by atoms with E-state index in [4.69, 9.17) is 10.3 Å². The zero-order valence-corrected chi connectivity index (χ0v) is 17.4. The van der Waals surface area contributed by atoms with Crippen molar-refractivity contribution in [2.75, 3.05) is 5.32 Å². The molecule has 0 radical (unpaired) electrons. The van der Waals surface area contributed by atoms with Crippen LogP contribution in [0.25, 0.3) is 0 Å². The van der Waals surface area contributed by atoms with Crippen LogP contribution in [0.2, 0.25) is 0 Å². The summed E-state index contributed by atoms with van der Waals surface area (Å²) in [5, 5.41) is 9.68. The molecule has 0 saturated heterocycles. The molecule has 1 saturated carbocycles. The fourth-order valence-electron chi connectivity index (χ4n) is 3.86. The summed E-state index contributed by atoms with van der Waals surface area (Å²) in [6, 6.07) is 3.59. The van der Waals surface area contributed by atoms with Gasteiger partial charge in [0.1, 0.15) is 11.4 Å². The molecule has 3 amide bonds. The van der Waals surface area contributed by atoms with Crippen molar-refractivity contribution >= 4 is 23.4 Å². The van der Waals surface area contributed by atoms with E-state index in [0.29, 0.717) is 5.82 Å². The Hall–Kier alpha value is -3.30. The van der Waals surface area contributed by atoms with E-state index >= 15 is 0 Å². The van der Waals surface area contributed by atoms with Crippen molar-refractivity contribution in [1.29, 1.82) is 0 Å². The number of hydrogen-bond donors (Lipinski definition) is 3. The molecule has 3 rings (SSSR count). The number of nitrogens with zero attached hydrogens (tertiary/aromatic N) is 2. The van der Waals surface area contributed by atoms with E-state index in [1.165, 1.54) is 19.1 Å². The zero-order chi connectivity index (χ0) is 22.4. The standard InChI is InChI=1S/C21H26FN5O4/c1-13(28)26-21(10-4-2-3-5-11-21)20-25-18(31-27-20)9-8-17(29)24-14-6-7-16(22)15(12-14)19(23)30/h6-7,12H,2-5,8-11H2,1H3,(H2,23,30)(H,24,29)(H,26,28). The van der Waals surface area contributed by atoms with Crippen molar-refractivity contribution in [2.45, 2.75) is 63.8 Å². The second-order valence-electron chi connectivity index (χ2n) is 7.80. The highest BCUT2D eigenvalue weighted by molar-refractivity contribution is 5.96. The van der Waals surface area contributed by atoms with E-state index in [1.54, 1.807) is 0 Å². The molecule has 10 heteroatoms. The Kier molecular flexibility index (Phi) is 6.98. The quantitative estimate of drug-likeness (QED) is 0.576. The van der Waals surface area contributed by atoms with Crippen molar-refractivity contribution in [3.63, 3.8) is 0 Å². The second kappa shape index (κ2) is 9.67. The largest absolute Gasteiger partial charge is 0.366 e. The molecule has 1 heterocycles. The predicted molar refractivity (Wildman–Crippen MR) is 109 cm³/mol. The summed E-state index contributed by atoms with van der Waals surface area (Å²) in [6.07, 6.45) is 5.80. The van der Waals surface area contributed by atoms with E-state index in [9.17, 15) is 18.8 Å². The first-order valence-electron chi connectivity index (χ1n) is 10.3. The van der Waals surface area contributed by atoms with Gasteiger partial charge < -0.3 is 20.9 Å². The first-order valence-corrected chi connectivity index (χ1v) is 10.3. The summed E-state index contributed by atoms with van der Waals surface area (Å²) < 4.78 is 18.9. The van der Waals surface area contributed by atoms with Gasteiger partial charge in [-0.15, -0.1) is 0 Å². The summed E-state index contributed by atoms with van der Waals surface area (Å²) >= 11 is 0. The number of aromatic nitrogens is 2. The maximum Gasteiger partial charge on any atom is 0.251 e. The SMILES string of the molecule is CC(=O)NC1(c2noc(CCC(=O)Nc3ccc(F)c(C(N)=O)c3)n2)CCCCCC1. The number of nitrogens with two attached hydrogens (primary N) is 1. The normalized spacial score (nSPS) is 15.7. The fourth-order valence-corrected chi connectivity index (χ4v) is 3.86. The lowest BCUT2D eigenvalue weighted by Gasteiger charge is -2.30. The number of anilines is 1. The van der Waals surface area contributed by atoms with Crippen molar-refractivity contribution < 1.29 is 23.3 Å². The highest BCUT2D eigenvalue weighted by atomic mass is 19.1. The smallest absolute Gasteiger partial charge is 0.251 e. The molecule has 166 valence electrons. The third kappa shape index (κ3) is 5.65. The fraction of sp³-hybridized carbons (Fsp3) is 0.476. The molecule has 9 nitrogen and oxygen atoms in total. The molecule has 1 fully saturated rings. The van der Waals surface area contributed by atoms with E-state index in [2.05, 4.69) is 20.8 Å². The molecule has 2 aromatic rings. The molecule has 1 aliphatic rings. The average molecular weight is 431 g/mol. The Labute approximate surface area is 179 Å². The Morgan fingerprint density at radius 2 is 1.90 bits per heavy atom. The minimum absolute atomic E-state index is 0.0397. The Bertz CT molecular complexity index is 966. The van der Waals surface area contributed by atoms with Gasteiger partial charge >= 0.3 is 0 Å². The lowest BCUT2D eigenvalue weighted by Crippen LogP contribution is -2.45. The number of carbonyl (C=O) groups is 3. The van der Waals surface area contributed by atoms with E-state index in [1.807, 2.05) is 0 Å². The number of nitrogens with one attached hydrogen (secondary N) is 2. The lowest BCUT2D eigenvalue weighted by atomic mass is 9.89. The summed E-state index contributed by atoms with van der Waals surface area (Å²) in [5.41, 5.74) is 4.43. The Balaban J connectivity index is 1.64. The maximum absolute atomic E-state index is 13.6. The predicted octanol–water partition coefficient (Wildman–Crippen LogP) is 2.56. The second-order valence-corrected chi connectivity index (χ2v) is 7.80. The van der Waals surface area contributed by atoms with E-state index in [-0.39, 0.29) is 41.8 Å². The van der Waals surface area contributed by atoms with Gasteiger partial charge in [-0.3, -0.25) is 14.4 Å². The monoisotopic (exact) mass is 431 g/mol. The molecular weight excluding hydrogens is 405 g/mol. The summed E-state index contributed by atoms with van der Waals surface area (Å²) in [6.45, 7) is 1.47. The molecule has 0 bridgehead atoms. The molecular formula is C21H26FN5O4. The number of rotatable bonds is 7. The highest BCUT2D eigenvalue weighted by Gasteiger charge is 2.38. The van der Waals surface area contributed by atoms with Crippen LogP contribution >= 0.6 is 0 Å². The molecule has 1 aliphatic carbocycles. The van der Waals surface area contributed by atoms with Gasteiger partial charge in [0, 0.05) is 25.5 Å².